The van der Waals surface area contributed by atoms with E-state index < -0.39 is 0 Å². The van der Waals surface area contributed by atoms with Gasteiger partial charge >= 0.3 is 0 Å². The van der Waals surface area contributed by atoms with Crippen LogP contribution in [0.4, 0.5) is 0 Å². The van der Waals surface area contributed by atoms with E-state index in [2.05, 4.69) is 18.9 Å². The van der Waals surface area contributed by atoms with Gasteiger partial charge in [0.15, 0.2) is 0 Å². The molecule has 0 aliphatic heterocycles. The molecular formula is C14H28N2. The summed E-state index contributed by atoms with van der Waals surface area (Å²) in [6.45, 7) is 3.59. The van der Waals surface area contributed by atoms with Crippen molar-refractivity contribution in [3.63, 3.8) is 0 Å². The monoisotopic (exact) mass is 224 g/mol. The first kappa shape index (κ1) is 12.4. The molecule has 0 saturated heterocycles. The van der Waals surface area contributed by atoms with Gasteiger partial charge in [0.05, 0.1) is 0 Å². The summed E-state index contributed by atoms with van der Waals surface area (Å²) in [6, 6.07) is 1.31. The standard InChI is InChI=1S/C14H28N2/c1-11-3-7-13(8-4-11)16(2)10-9-14(15)12-5-6-12/h11-14H,3-10,15H2,1-2H3. The molecule has 0 radical (unpaired) electrons. The van der Waals surface area contributed by atoms with Crippen molar-refractivity contribution in [1.29, 1.82) is 0 Å². The maximum absolute atomic E-state index is 6.15. The van der Waals surface area contributed by atoms with Crippen molar-refractivity contribution in [2.45, 2.75) is 64.0 Å². The van der Waals surface area contributed by atoms with E-state index in [-0.39, 0.29) is 0 Å². The molecule has 0 aromatic heterocycles. The van der Waals surface area contributed by atoms with Crippen molar-refractivity contribution in [1.82, 2.24) is 4.90 Å². The van der Waals surface area contributed by atoms with Gasteiger partial charge in [-0.2, -0.15) is 0 Å². The van der Waals surface area contributed by atoms with E-state index in [4.69, 9.17) is 5.73 Å². The highest BCUT2D eigenvalue weighted by Crippen LogP contribution is 2.33. The Morgan fingerprint density at radius 3 is 2.31 bits per heavy atom. The smallest absolute Gasteiger partial charge is 0.00924 e. The lowest BCUT2D eigenvalue weighted by Crippen LogP contribution is -2.38. The average Bonchev–Trinajstić information content (AvgIpc) is 3.10. The third-order valence-electron chi connectivity index (χ3n) is 4.65. The zero-order valence-corrected chi connectivity index (χ0v) is 11.0. The second-order valence-electron chi connectivity index (χ2n) is 6.18. The van der Waals surface area contributed by atoms with Crippen LogP contribution in [-0.2, 0) is 0 Å². The molecule has 2 fully saturated rings. The van der Waals surface area contributed by atoms with Crippen molar-refractivity contribution in [2.24, 2.45) is 17.6 Å². The molecule has 0 bridgehead atoms. The summed E-state index contributed by atoms with van der Waals surface area (Å²) in [5, 5.41) is 0. The predicted molar refractivity (Wildman–Crippen MR) is 69.4 cm³/mol. The first-order chi connectivity index (χ1) is 7.66. The van der Waals surface area contributed by atoms with E-state index >= 15 is 0 Å². The van der Waals surface area contributed by atoms with Gasteiger partial charge in [0.2, 0.25) is 0 Å². The van der Waals surface area contributed by atoms with Crippen molar-refractivity contribution in [3.05, 3.63) is 0 Å². The number of nitrogens with two attached hydrogens (primary N) is 1. The Morgan fingerprint density at radius 2 is 1.75 bits per heavy atom. The van der Waals surface area contributed by atoms with E-state index in [9.17, 15) is 0 Å². The Bertz CT molecular complexity index is 205. The summed E-state index contributed by atoms with van der Waals surface area (Å²) < 4.78 is 0. The molecule has 16 heavy (non-hydrogen) atoms. The van der Waals surface area contributed by atoms with Gasteiger partial charge in [-0.3, -0.25) is 0 Å². The molecule has 2 rings (SSSR count). The van der Waals surface area contributed by atoms with Gasteiger partial charge in [-0.05, 0) is 70.4 Å². The molecule has 2 heteroatoms. The summed E-state index contributed by atoms with van der Waals surface area (Å²) in [5.74, 6) is 1.82. The van der Waals surface area contributed by atoms with Crippen LogP contribution in [0.1, 0.15) is 51.9 Å². The molecule has 2 N–H and O–H groups in total. The lowest BCUT2D eigenvalue weighted by Gasteiger charge is -2.34. The van der Waals surface area contributed by atoms with E-state index in [1.165, 1.54) is 51.5 Å². The summed E-state index contributed by atoms with van der Waals surface area (Å²) in [4.78, 5) is 2.56. The van der Waals surface area contributed by atoms with Crippen LogP contribution < -0.4 is 5.73 Å². The Morgan fingerprint density at radius 1 is 1.12 bits per heavy atom. The summed E-state index contributed by atoms with van der Waals surface area (Å²) in [6.07, 6.45) is 9.60. The maximum Gasteiger partial charge on any atom is 0.00924 e. The predicted octanol–water partition coefficient (Wildman–Crippen LogP) is 2.62. The minimum atomic E-state index is 0.477. The topological polar surface area (TPSA) is 29.3 Å². The van der Waals surface area contributed by atoms with Gasteiger partial charge in [0, 0.05) is 12.1 Å². The number of hydrogen-bond donors (Lipinski definition) is 1. The fourth-order valence-corrected chi connectivity index (χ4v) is 2.98. The van der Waals surface area contributed by atoms with Crippen LogP contribution >= 0.6 is 0 Å². The quantitative estimate of drug-likeness (QED) is 0.778. The molecule has 1 unspecified atom stereocenters. The molecule has 0 heterocycles. The molecule has 0 spiro atoms. The molecule has 0 aromatic carbocycles. The Hall–Kier alpha value is -0.0800. The minimum Gasteiger partial charge on any atom is -0.327 e. The van der Waals surface area contributed by atoms with Crippen LogP contribution in [0.5, 0.6) is 0 Å². The molecule has 94 valence electrons. The van der Waals surface area contributed by atoms with Crippen LogP contribution in [-0.4, -0.2) is 30.6 Å². The third-order valence-corrected chi connectivity index (χ3v) is 4.65. The van der Waals surface area contributed by atoms with Gasteiger partial charge in [-0.15, -0.1) is 0 Å². The van der Waals surface area contributed by atoms with E-state index in [0.29, 0.717) is 6.04 Å². The molecule has 2 aliphatic carbocycles. The average molecular weight is 224 g/mol. The van der Waals surface area contributed by atoms with E-state index in [0.717, 1.165) is 17.9 Å². The summed E-state index contributed by atoms with van der Waals surface area (Å²) in [7, 11) is 2.29. The minimum absolute atomic E-state index is 0.477. The highest BCUT2D eigenvalue weighted by atomic mass is 15.1. The number of nitrogens with zero attached hydrogens (tertiary/aromatic N) is 1. The highest BCUT2D eigenvalue weighted by molar-refractivity contribution is 4.85. The van der Waals surface area contributed by atoms with Crippen LogP contribution in [0.25, 0.3) is 0 Å². The lowest BCUT2D eigenvalue weighted by atomic mass is 9.86. The van der Waals surface area contributed by atoms with Gasteiger partial charge in [0.25, 0.3) is 0 Å². The van der Waals surface area contributed by atoms with Crippen LogP contribution in [0, 0.1) is 11.8 Å². The molecule has 2 nitrogen and oxygen atoms in total. The van der Waals surface area contributed by atoms with Crippen LogP contribution in [0.2, 0.25) is 0 Å². The SMILES string of the molecule is CC1CCC(N(C)CCC(N)C2CC2)CC1. The molecule has 1 atom stereocenters. The Kier molecular flexibility index (Phi) is 4.26. The van der Waals surface area contributed by atoms with Gasteiger partial charge in [-0.1, -0.05) is 6.92 Å². The first-order valence-corrected chi connectivity index (χ1v) is 7.12. The number of hydrogen-bond acceptors (Lipinski definition) is 2. The van der Waals surface area contributed by atoms with E-state index in [1.807, 2.05) is 0 Å². The number of rotatable bonds is 5. The second kappa shape index (κ2) is 5.50. The Balaban J connectivity index is 1.64. The van der Waals surface area contributed by atoms with Crippen molar-refractivity contribution in [2.75, 3.05) is 13.6 Å². The summed E-state index contributed by atoms with van der Waals surface area (Å²) >= 11 is 0. The molecule has 2 aliphatic rings. The second-order valence-corrected chi connectivity index (χ2v) is 6.18. The largest absolute Gasteiger partial charge is 0.327 e. The lowest BCUT2D eigenvalue weighted by molar-refractivity contribution is 0.165. The molecule has 0 aromatic rings. The van der Waals surface area contributed by atoms with Crippen LogP contribution in [0.15, 0.2) is 0 Å². The zero-order chi connectivity index (χ0) is 11.5. The summed E-state index contributed by atoms with van der Waals surface area (Å²) in [5.41, 5.74) is 6.15. The van der Waals surface area contributed by atoms with E-state index in [1.54, 1.807) is 0 Å². The first-order valence-electron chi connectivity index (χ1n) is 7.12. The van der Waals surface area contributed by atoms with Crippen molar-refractivity contribution < 1.29 is 0 Å². The van der Waals surface area contributed by atoms with Gasteiger partial charge in [0.1, 0.15) is 0 Å². The molecule has 0 amide bonds. The van der Waals surface area contributed by atoms with Crippen LogP contribution in [0.3, 0.4) is 0 Å². The highest BCUT2D eigenvalue weighted by Gasteiger charge is 2.29. The molecular weight excluding hydrogens is 196 g/mol. The fourth-order valence-electron chi connectivity index (χ4n) is 2.98. The van der Waals surface area contributed by atoms with Crippen molar-refractivity contribution in [3.8, 4) is 0 Å². The maximum atomic E-state index is 6.15. The van der Waals surface area contributed by atoms with Crippen molar-refractivity contribution >= 4 is 0 Å². The van der Waals surface area contributed by atoms with Gasteiger partial charge < -0.3 is 10.6 Å². The normalized spacial score (nSPS) is 33.0. The Labute approximate surface area is 101 Å². The third kappa shape index (κ3) is 3.46. The van der Waals surface area contributed by atoms with Gasteiger partial charge in [-0.25, -0.2) is 0 Å². The zero-order valence-electron chi connectivity index (χ0n) is 11.0. The molecule has 2 saturated carbocycles. The fraction of sp³-hybridized carbons (Fsp3) is 1.00.